The van der Waals surface area contributed by atoms with Gasteiger partial charge in [-0.2, -0.15) is 0 Å². The first kappa shape index (κ1) is 19.8. The molecule has 2 heterocycles. The number of thioether (sulfide) groups is 1. The van der Waals surface area contributed by atoms with E-state index in [9.17, 15) is 4.79 Å². The molecule has 0 saturated heterocycles. The molecule has 0 radical (unpaired) electrons. The predicted molar refractivity (Wildman–Crippen MR) is 117 cm³/mol. The third kappa shape index (κ3) is 3.97. The first-order chi connectivity index (χ1) is 14.0. The lowest BCUT2D eigenvalue weighted by molar-refractivity contribution is -0.116. The van der Waals surface area contributed by atoms with Crippen molar-refractivity contribution in [1.29, 1.82) is 0 Å². The van der Waals surface area contributed by atoms with Crippen LogP contribution in [0.4, 0.5) is 5.69 Å². The number of hydrogen-bond acceptors (Lipinski definition) is 5. The van der Waals surface area contributed by atoms with Crippen molar-refractivity contribution in [3.63, 3.8) is 0 Å². The minimum atomic E-state index is -0.417. The Morgan fingerprint density at radius 1 is 1.21 bits per heavy atom. The van der Waals surface area contributed by atoms with Gasteiger partial charge in [-0.3, -0.25) is 4.79 Å². The molecule has 1 aliphatic rings. The molecule has 0 aliphatic carbocycles. The Balaban J connectivity index is 1.66. The van der Waals surface area contributed by atoms with Gasteiger partial charge in [-0.15, -0.1) is 10.2 Å². The molecule has 0 unspecified atom stereocenters. The standard InChI is InChI=1S/C21H22ClN5OS/c1-4-17-24-25-21-27(17)26-18(14-8-5-12(2)6-9-14)19(29-21)20(28)23-15-10-7-13(3)16(22)11-15/h5-11,18-19,26H,4H2,1-3H3,(H,23,28)/t18-,19+/m1/s1. The van der Waals surface area contributed by atoms with E-state index in [4.69, 9.17) is 11.6 Å². The Morgan fingerprint density at radius 3 is 2.66 bits per heavy atom. The van der Waals surface area contributed by atoms with E-state index in [2.05, 4.69) is 45.2 Å². The number of benzene rings is 2. The fraction of sp³-hybridized carbons (Fsp3) is 0.286. The van der Waals surface area contributed by atoms with Gasteiger partial charge in [0, 0.05) is 17.1 Å². The summed E-state index contributed by atoms with van der Waals surface area (Å²) < 4.78 is 1.89. The number of anilines is 1. The minimum absolute atomic E-state index is 0.111. The Labute approximate surface area is 179 Å². The van der Waals surface area contributed by atoms with Gasteiger partial charge >= 0.3 is 0 Å². The van der Waals surface area contributed by atoms with Crippen molar-refractivity contribution in [3.05, 3.63) is 70.0 Å². The highest BCUT2D eigenvalue weighted by Gasteiger charge is 2.37. The Kier molecular flexibility index (Phi) is 5.52. The van der Waals surface area contributed by atoms with Gasteiger partial charge < -0.3 is 10.7 Å². The number of nitrogens with zero attached hydrogens (tertiary/aromatic N) is 3. The van der Waals surface area contributed by atoms with Gasteiger partial charge in [0.2, 0.25) is 11.1 Å². The van der Waals surface area contributed by atoms with Crippen LogP contribution >= 0.6 is 23.4 Å². The van der Waals surface area contributed by atoms with Crippen LogP contribution in [-0.4, -0.2) is 26.0 Å². The number of halogens is 1. The maximum atomic E-state index is 13.2. The average molecular weight is 428 g/mol. The zero-order valence-electron chi connectivity index (χ0n) is 16.4. The lowest BCUT2D eigenvalue weighted by atomic mass is 10.0. The van der Waals surface area contributed by atoms with Crippen LogP contribution in [0.15, 0.2) is 47.6 Å². The quantitative estimate of drug-likeness (QED) is 0.641. The molecule has 150 valence electrons. The second kappa shape index (κ2) is 8.08. The third-order valence-corrected chi connectivity index (χ3v) is 6.58. The molecule has 2 N–H and O–H groups in total. The van der Waals surface area contributed by atoms with Crippen LogP contribution in [-0.2, 0) is 11.2 Å². The fourth-order valence-electron chi connectivity index (χ4n) is 3.24. The molecule has 0 bridgehead atoms. The van der Waals surface area contributed by atoms with Gasteiger partial charge in [0.1, 0.15) is 5.25 Å². The number of carbonyl (C=O) groups excluding carboxylic acids is 1. The van der Waals surface area contributed by atoms with E-state index in [-0.39, 0.29) is 11.9 Å². The number of nitrogens with one attached hydrogen (secondary N) is 2. The zero-order valence-corrected chi connectivity index (χ0v) is 18.0. The number of amides is 1. The summed E-state index contributed by atoms with van der Waals surface area (Å²) in [5.74, 6) is 0.731. The van der Waals surface area contributed by atoms with E-state index in [1.54, 1.807) is 6.07 Å². The number of rotatable bonds is 4. The number of fused-ring (bicyclic) bond motifs is 1. The second-order valence-electron chi connectivity index (χ2n) is 7.10. The maximum Gasteiger partial charge on any atom is 0.240 e. The Morgan fingerprint density at radius 2 is 1.97 bits per heavy atom. The number of aromatic nitrogens is 3. The van der Waals surface area contributed by atoms with Gasteiger partial charge in [-0.05, 0) is 37.1 Å². The monoisotopic (exact) mass is 427 g/mol. The minimum Gasteiger partial charge on any atom is -0.325 e. The van der Waals surface area contributed by atoms with Crippen LogP contribution in [0, 0.1) is 13.8 Å². The van der Waals surface area contributed by atoms with Crippen molar-refractivity contribution in [3.8, 4) is 0 Å². The Bertz CT molecular complexity index is 1050. The molecule has 0 saturated carbocycles. The summed E-state index contributed by atoms with van der Waals surface area (Å²) in [4.78, 5) is 13.2. The van der Waals surface area contributed by atoms with Crippen LogP contribution in [0.5, 0.6) is 0 Å². The fourth-order valence-corrected chi connectivity index (χ4v) is 4.51. The van der Waals surface area contributed by atoms with Gasteiger partial charge in [-0.1, -0.05) is 66.2 Å². The normalized spacial score (nSPS) is 18.1. The summed E-state index contributed by atoms with van der Waals surface area (Å²) in [5.41, 5.74) is 7.30. The predicted octanol–water partition coefficient (Wildman–Crippen LogP) is 4.51. The molecule has 0 spiro atoms. The van der Waals surface area contributed by atoms with Crippen molar-refractivity contribution in [2.45, 2.75) is 43.6 Å². The summed E-state index contributed by atoms with van der Waals surface area (Å²) in [7, 11) is 0. The van der Waals surface area contributed by atoms with E-state index in [0.717, 1.165) is 23.4 Å². The van der Waals surface area contributed by atoms with Crippen LogP contribution in [0.3, 0.4) is 0 Å². The highest BCUT2D eigenvalue weighted by molar-refractivity contribution is 8.00. The van der Waals surface area contributed by atoms with Crippen molar-refractivity contribution in [1.82, 2.24) is 14.9 Å². The molecule has 29 heavy (non-hydrogen) atoms. The van der Waals surface area contributed by atoms with Crippen molar-refractivity contribution >= 4 is 35.0 Å². The molecular weight excluding hydrogens is 406 g/mol. The zero-order chi connectivity index (χ0) is 20.5. The molecule has 2 atom stereocenters. The first-order valence-electron chi connectivity index (χ1n) is 9.47. The first-order valence-corrected chi connectivity index (χ1v) is 10.7. The van der Waals surface area contributed by atoms with E-state index >= 15 is 0 Å². The summed E-state index contributed by atoms with van der Waals surface area (Å²) >= 11 is 7.63. The lowest BCUT2D eigenvalue weighted by Gasteiger charge is -2.33. The van der Waals surface area contributed by atoms with Crippen molar-refractivity contribution in [2.75, 3.05) is 10.7 Å². The topological polar surface area (TPSA) is 71.8 Å². The van der Waals surface area contributed by atoms with Crippen LogP contribution in [0.2, 0.25) is 5.02 Å². The average Bonchev–Trinajstić information content (AvgIpc) is 3.12. The molecular formula is C21H22ClN5OS. The SMILES string of the molecule is CCc1nnc2n1N[C@H](c1ccc(C)cc1)[C@@H](C(=O)Nc1ccc(C)c(Cl)c1)S2. The molecule has 4 rings (SSSR count). The van der Waals surface area contributed by atoms with Crippen LogP contribution in [0.1, 0.15) is 35.5 Å². The highest BCUT2D eigenvalue weighted by atomic mass is 35.5. The summed E-state index contributed by atoms with van der Waals surface area (Å²) in [6, 6.07) is 13.5. The molecule has 8 heteroatoms. The van der Waals surface area contributed by atoms with Gasteiger partial charge in [0.25, 0.3) is 0 Å². The number of hydrogen-bond donors (Lipinski definition) is 2. The maximum absolute atomic E-state index is 13.2. The summed E-state index contributed by atoms with van der Waals surface area (Å²) in [5, 5.41) is 12.4. The largest absolute Gasteiger partial charge is 0.325 e. The van der Waals surface area contributed by atoms with Gasteiger partial charge in [0.05, 0.1) is 6.04 Å². The summed E-state index contributed by atoms with van der Waals surface area (Å²) in [6.45, 7) is 6.01. The number of carbonyl (C=O) groups is 1. The lowest BCUT2D eigenvalue weighted by Crippen LogP contribution is -2.41. The van der Waals surface area contributed by atoms with Crippen LogP contribution < -0.4 is 10.7 Å². The number of aryl methyl sites for hydroxylation is 3. The van der Waals surface area contributed by atoms with Crippen molar-refractivity contribution < 1.29 is 4.79 Å². The van der Waals surface area contributed by atoms with Crippen molar-refractivity contribution in [2.24, 2.45) is 0 Å². The molecule has 1 aliphatic heterocycles. The molecule has 1 amide bonds. The van der Waals surface area contributed by atoms with Gasteiger partial charge in [0.15, 0.2) is 5.82 Å². The van der Waals surface area contributed by atoms with E-state index in [0.29, 0.717) is 15.9 Å². The van der Waals surface area contributed by atoms with E-state index < -0.39 is 5.25 Å². The third-order valence-electron chi connectivity index (χ3n) is 4.95. The van der Waals surface area contributed by atoms with Crippen LogP contribution in [0.25, 0.3) is 0 Å². The highest BCUT2D eigenvalue weighted by Crippen LogP contribution is 2.37. The molecule has 1 aromatic heterocycles. The summed E-state index contributed by atoms with van der Waals surface area (Å²) in [6.07, 6.45) is 0.750. The molecule has 2 aromatic carbocycles. The smallest absolute Gasteiger partial charge is 0.240 e. The molecule has 0 fully saturated rings. The molecule has 3 aromatic rings. The van der Waals surface area contributed by atoms with E-state index in [1.165, 1.54) is 17.3 Å². The van der Waals surface area contributed by atoms with Gasteiger partial charge in [-0.25, -0.2) is 4.68 Å². The Hall–Kier alpha value is -2.51. The van der Waals surface area contributed by atoms with E-state index in [1.807, 2.05) is 37.6 Å². The second-order valence-corrected chi connectivity index (χ2v) is 8.61. The molecule has 6 nitrogen and oxygen atoms in total.